The summed E-state index contributed by atoms with van der Waals surface area (Å²) in [5.41, 5.74) is 3.76. The molecule has 0 aliphatic heterocycles. The zero-order valence-corrected chi connectivity index (χ0v) is 9.43. The molecule has 1 aromatic heterocycles. The van der Waals surface area contributed by atoms with Gasteiger partial charge in [-0.2, -0.15) is 0 Å². The maximum atomic E-state index is 11.5. The van der Waals surface area contributed by atoms with E-state index < -0.39 is 5.69 Å². The third kappa shape index (κ3) is 2.63. The average molecular weight is 231 g/mol. The van der Waals surface area contributed by atoms with Crippen molar-refractivity contribution in [3.8, 4) is 0 Å². The molecule has 0 amide bonds. The Labute approximate surface area is 97.7 Å². The van der Waals surface area contributed by atoms with Crippen molar-refractivity contribution < 1.29 is 0 Å². The van der Waals surface area contributed by atoms with Gasteiger partial charge in [0.1, 0.15) is 0 Å². The van der Waals surface area contributed by atoms with Crippen molar-refractivity contribution in [3.63, 3.8) is 0 Å². The molecular weight excluding hydrogens is 218 g/mol. The number of aryl methyl sites for hydroxylation is 1. The Balaban J connectivity index is 2.21. The van der Waals surface area contributed by atoms with E-state index in [-0.39, 0.29) is 5.56 Å². The van der Waals surface area contributed by atoms with Gasteiger partial charge in [0.2, 0.25) is 0 Å². The summed E-state index contributed by atoms with van der Waals surface area (Å²) < 4.78 is 1.33. The lowest BCUT2D eigenvalue weighted by atomic mass is 10.2. The van der Waals surface area contributed by atoms with Crippen LogP contribution in [0.4, 0.5) is 0 Å². The lowest BCUT2D eigenvalue weighted by Gasteiger charge is -2.11. The van der Waals surface area contributed by atoms with Gasteiger partial charge in [-0.3, -0.25) is 9.78 Å². The van der Waals surface area contributed by atoms with Crippen molar-refractivity contribution in [2.24, 2.45) is 0 Å². The summed E-state index contributed by atoms with van der Waals surface area (Å²) >= 11 is 0. The van der Waals surface area contributed by atoms with E-state index in [1.54, 1.807) is 6.92 Å². The van der Waals surface area contributed by atoms with Gasteiger partial charge in [-0.1, -0.05) is 30.3 Å². The lowest BCUT2D eigenvalue weighted by molar-refractivity contribution is 0.734. The Hall–Kier alpha value is -2.30. The third-order valence-corrected chi connectivity index (χ3v) is 2.41. The number of aromatic nitrogens is 2. The molecule has 0 saturated heterocycles. The molecule has 0 aliphatic rings. The number of nitrogens with zero attached hydrogens (tertiary/aromatic N) is 1. The number of hydrogen-bond donors (Lipinski definition) is 2. The standard InChI is InChI=1S/C12H13N3O2/c1-9-7-11(16)14-12(17)15(9)13-8-10-5-3-2-4-6-10/h2-7,13H,8H2,1H3,(H,14,16,17). The largest absolute Gasteiger partial charge is 0.347 e. The third-order valence-electron chi connectivity index (χ3n) is 2.41. The minimum Gasteiger partial charge on any atom is -0.317 e. The first-order valence-electron chi connectivity index (χ1n) is 5.27. The second-order valence-electron chi connectivity index (χ2n) is 3.74. The minimum absolute atomic E-state index is 0.384. The van der Waals surface area contributed by atoms with Crippen molar-refractivity contribution in [1.82, 2.24) is 9.66 Å². The quantitative estimate of drug-likeness (QED) is 0.812. The second-order valence-corrected chi connectivity index (χ2v) is 3.74. The predicted octanol–water partition coefficient (Wildman–Crippen LogP) is 0.589. The van der Waals surface area contributed by atoms with Gasteiger partial charge in [0.15, 0.2) is 0 Å². The van der Waals surface area contributed by atoms with Crippen LogP contribution in [0.3, 0.4) is 0 Å². The summed E-state index contributed by atoms with van der Waals surface area (Å²) in [5, 5.41) is 0. The minimum atomic E-state index is -0.453. The van der Waals surface area contributed by atoms with Gasteiger partial charge < -0.3 is 5.43 Å². The molecule has 2 rings (SSSR count). The van der Waals surface area contributed by atoms with Crippen molar-refractivity contribution in [1.29, 1.82) is 0 Å². The highest BCUT2D eigenvalue weighted by molar-refractivity contribution is 5.16. The molecule has 0 radical (unpaired) electrons. The Morgan fingerprint density at radius 2 is 1.94 bits per heavy atom. The Morgan fingerprint density at radius 1 is 1.24 bits per heavy atom. The summed E-state index contributed by atoms with van der Waals surface area (Å²) in [7, 11) is 0. The lowest BCUT2D eigenvalue weighted by Crippen LogP contribution is -2.36. The molecule has 0 spiro atoms. The first kappa shape index (κ1) is 11.2. The van der Waals surface area contributed by atoms with Gasteiger partial charge in [-0.15, -0.1) is 0 Å². The average Bonchev–Trinajstić information content (AvgIpc) is 2.29. The van der Waals surface area contributed by atoms with E-state index in [9.17, 15) is 9.59 Å². The van der Waals surface area contributed by atoms with Crippen molar-refractivity contribution in [3.05, 3.63) is 68.5 Å². The van der Waals surface area contributed by atoms with Crippen molar-refractivity contribution in [2.45, 2.75) is 13.5 Å². The highest BCUT2D eigenvalue weighted by Crippen LogP contribution is 1.98. The van der Waals surface area contributed by atoms with Crippen LogP contribution in [0.2, 0.25) is 0 Å². The van der Waals surface area contributed by atoms with Gasteiger partial charge in [0.05, 0.1) is 6.54 Å². The van der Waals surface area contributed by atoms with Gasteiger partial charge in [0, 0.05) is 11.8 Å². The van der Waals surface area contributed by atoms with Crippen LogP contribution in [0.5, 0.6) is 0 Å². The molecule has 88 valence electrons. The van der Waals surface area contributed by atoms with E-state index in [4.69, 9.17) is 0 Å². The van der Waals surface area contributed by atoms with Crippen LogP contribution in [0.1, 0.15) is 11.3 Å². The summed E-state index contributed by atoms with van der Waals surface area (Å²) in [5.74, 6) is 0. The Morgan fingerprint density at radius 3 is 2.59 bits per heavy atom. The molecule has 0 fully saturated rings. The van der Waals surface area contributed by atoms with E-state index in [1.165, 1.54) is 10.7 Å². The molecule has 1 heterocycles. The second kappa shape index (κ2) is 4.69. The fourth-order valence-corrected chi connectivity index (χ4v) is 1.57. The fraction of sp³-hybridized carbons (Fsp3) is 0.167. The molecule has 2 aromatic rings. The molecular formula is C12H13N3O2. The molecule has 0 atom stereocenters. The zero-order valence-electron chi connectivity index (χ0n) is 9.43. The van der Waals surface area contributed by atoms with Crippen LogP contribution in [-0.2, 0) is 6.54 Å². The monoisotopic (exact) mass is 231 g/mol. The number of benzene rings is 1. The number of rotatable bonds is 3. The first-order valence-corrected chi connectivity index (χ1v) is 5.27. The van der Waals surface area contributed by atoms with E-state index in [1.807, 2.05) is 30.3 Å². The summed E-state index contributed by atoms with van der Waals surface area (Å²) in [4.78, 5) is 24.8. The molecule has 0 bridgehead atoms. The molecule has 2 N–H and O–H groups in total. The number of nitrogens with one attached hydrogen (secondary N) is 2. The fourth-order valence-electron chi connectivity index (χ4n) is 1.57. The van der Waals surface area contributed by atoms with E-state index in [0.29, 0.717) is 12.2 Å². The number of hydrogen-bond acceptors (Lipinski definition) is 3. The number of aromatic amines is 1. The van der Waals surface area contributed by atoms with Gasteiger partial charge >= 0.3 is 5.69 Å². The zero-order chi connectivity index (χ0) is 12.3. The van der Waals surface area contributed by atoms with Crippen molar-refractivity contribution >= 4 is 0 Å². The summed E-state index contributed by atoms with van der Waals surface area (Å²) in [6, 6.07) is 11.1. The Bertz CT molecular complexity index is 614. The van der Waals surface area contributed by atoms with E-state index in [2.05, 4.69) is 10.4 Å². The molecule has 17 heavy (non-hydrogen) atoms. The molecule has 0 unspecified atom stereocenters. The maximum Gasteiger partial charge on any atom is 0.347 e. The van der Waals surface area contributed by atoms with Crippen LogP contribution < -0.4 is 16.7 Å². The summed E-state index contributed by atoms with van der Waals surface area (Å²) in [6.07, 6.45) is 0. The Kier molecular flexibility index (Phi) is 3.09. The molecule has 0 aliphatic carbocycles. The van der Waals surface area contributed by atoms with Gasteiger partial charge in [-0.25, -0.2) is 9.47 Å². The van der Waals surface area contributed by atoms with Crippen LogP contribution >= 0.6 is 0 Å². The van der Waals surface area contributed by atoms with Gasteiger partial charge in [-0.05, 0) is 12.5 Å². The number of H-pyrrole nitrogens is 1. The smallest absolute Gasteiger partial charge is 0.317 e. The predicted molar refractivity (Wildman–Crippen MR) is 65.6 cm³/mol. The molecule has 5 nitrogen and oxygen atoms in total. The van der Waals surface area contributed by atoms with Crippen LogP contribution in [0.25, 0.3) is 0 Å². The molecule has 0 saturated carbocycles. The SMILES string of the molecule is Cc1cc(=O)[nH]c(=O)n1NCc1ccccc1. The van der Waals surface area contributed by atoms with E-state index in [0.717, 1.165) is 5.56 Å². The molecule has 1 aromatic carbocycles. The van der Waals surface area contributed by atoms with Crippen molar-refractivity contribution in [2.75, 3.05) is 5.43 Å². The maximum absolute atomic E-state index is 11.5. The van der Waals surface area contributed by atoms with Crippen LogP contribution in [0.15, 0.2) is 46.0 Å². The van der Waals surface area contributed by atoms with E-state index >= 15 is 0 Å². The molecule has 5 heteroatoms. The van der Waals surface area contributed by atoms with Gasteiger partial charge in [0.25, 0.3) is 5.56 Å². The normalized spacial score (nSPS) is 10.2. The highest BCUT2D eigenvalue weighted by atomic mass is 16.2. The van der Waals surface area contributed by atoms with Crippen LogP contribution in [0, 0.1) is 6.92 Å². The first-order chi connectivity index (χ1) is 8.16. The van der Waals surface area contributed by atoms with Crippen LogP contribution in [-0.4, -0.2) is 9.66 Å². The summed E-state index contributed by atoms with van der Waals surface area (Å²) in [6.45, 7) is 2.22. The highest BCUT2D eigenvalue weighted by Gasteiger charge is 2.00. The topological polar surface area (TPSA) is 66.9 Å².